The number of halogens is 1. The molecular formula is C37H40FN7O5. The number of aryl methyl sites for hydroxylation is 1. The molecule has 0 atom stereocenters. The summed E-state index contributed by atoms with van der Waals surface area (Å²) in [5.74, 6) is -0.158. The average molecular weight is 682 g/mol. The van der Waals surface area contributed by atoms with Crippen LogP contribution in [-0.4, -0.2) is 72.6 Å². The molecule has 2 aromatic heterocycles. The number of para-hydroxylation sites is 1. The zero-order valence-electron chi connectivity index (χ0n) is 28.5. The van der Waals surface area contributed by atoms with Gasteiger partial charge in [-0.1, -0.05) is 30.3 Å². The Balaban J connectivity index is 1.33. The average Bonchev–Trinajstić information content (AvgIpc) is 3.44. The van der Waals surface area contributed by atoms with Crippen molar-refractivity contribution in [1.29, 1.82) is 0 Å². The number of nitrogens with one attached hydrogen (secondary N) is 3. The minimum atomic E-state index is -0.531. The van der Waals surface area contributed by atoms with Gasteiger partial charge in [0.1, 0.15) is 17.1 Å². The predicted octanol–water partition coefficient (Wildman–Crippen LogP) is 6.29. The van der Waals surface area contributed by atoms with E-state index in [4.69, 9.17) is 19.2 Å². The van der Waals surface area contributed by atoms with Crippen LogP contribution in [0, 0.1) is 5.82 Å². The molecule has 0 spiro atoms. The zero-order chi connectivity index (χ0) is 35.2. The fourth-order valence-corrected chi connectivity index (χ4v) is 5.91. The second kappa shape index (κ2) is 15.2. The molecule has 1 aliphatic rings. The van der Waals surface area contributed by atoms with Gasteiger partial charge in [0, 0.05) is 61.6 Å². The topological polar surface area (TPSA) is 132 Å². The maximum absolute atomic E-state index is 13.6. The minimum absolute atomic E-state index is 0.206. The van der Waals surface area contributed by atoms with Gasteiger partial charge in [0.25, 0.3) is 0 Å². The molecule has 0 saturated carbocycles. The number of urea groups is 1. The first-order valence-corrected chi connectivity index (χ1v) is 16.4. The van der Waals surface area contributed by atoms with Crippen LogP contribution >= 0.6 is 0 Å². The van der Waals surface area contributed by atoms with Crippen LogP contribution in [0.5, 0.6) is 5.75 Å². The molecule has 6 rings (SSSR count). The smallest absolute Gasteiger partial charge is 0.342 e. The van der Waals surface area contributed by atoms with E-state index in [0.717, 1.165) is 27.7 Å². The summed E-state index contributed by atoms with van der Waals surface area (Å²) >= 11 is 0. The Morgan fingerprint density at radius 1 is 1.04 bits per heavy atom. The minimum Gasteiger partial charge on any atom is -0.494 e. The Labute approximate surface area is 289 Å². The number of hydrogen-bond donors (Lipinski definition) is 3. The summed E-state index contributed by atoms with van der Waals surface area (Å²) in [6.07, 6.45) is 3.51. The number of nitrogens with zero attached hydrogens (tertiary/aromatic N) is 4. The van der Waals surface area contributed by atoms with Crippen molar-refractivity contribution in [2.75, 3.05) is 55.5 Å². The number of hydrogen-bond acceptors (Lipinski definition) is 9. The number of morpholine rings is 1. The van der Waals surface area contributed by atoms with E-state index >= 15 is 0 Å². The number of ether oxygens (including phenoxy) is 3. The summed E-state index contributed by atoms with van der Waals surface area (Å²) < 4.78 is 32.5. The van der Waals surface area contributed by atoms with Gasteiger partial charge in [0.15, 0.2) is 0 Å². The van der Waals surface area contributed by atoms with Crippen LogP contribution < -0.4 is 25.6 Å². The Kier molecular flexibility index (Phi) is 10.4. The number of amides is 2. The van der Waals surface area contributed by atoms with E-state index in [1.165, 1.54) is 18.3 Å². The van der Waals surface area contributed by atoms with Crippen molar-refractivity contribution in [3.8, 4) is 17.0 Å². The molecule has 1 fully saturated rings. The van der Waals surface area contributed by atoms with Gasteiger partial charge < -0.3 is 39.6 Å². The van der Waals surface area contributed by atoms with Gasteiger partial charge in [-0.25, -0.2) is 23.9 Å². The highest BCUT2D eigenvalue weighted by molar-refractivity contribution is 6.03. The van der Waals surface area contributed by atoms with Gasteiger partial charge in [-0.2, -0.15) is 0 Å². The van der Waals surface area contributed by atoms with Crippen molar-refractivity contribution in [3.63, 3.8) is 0 Å². The van der Waals surface area contributed by atoms with E-state index < -0.39 is 12.0 Å². The van der Waals surface area contributed by atoms with Gasteiger partial charge >= 0.3 is 12.0 Å². The lowest BCUT2D eigenvalue weighted by Crippen LogP contribution is -2.37. The van der Waals surface area contributed by atoms with Gasteiger partial charge in [0.2, 0.25) is 5.95 Å². The molecule has 1 aliphatic heterocycles. The number of aromatic nitrogens is 3. The molecule has 3 N–H and O–H groups in total. The first-order chi connectivity index (χ1) is 24.2. The number of benzene rings is 3. The molecular weight excluding hydrogens is 641 g/mol. The van der Waals surface area contributed by atoms with Crippen LogP contribution in [0.3, 0.4) is 0 Å². The van der Waals surface area contributed by atoms with E-state index in [9.17, 15) is 14.0 Å². The van der Waals surface area contributed by atoms with Gasteiger partial charge in [-0.3, -0.25) is 0 Å². The van der Waals surface area contributed by atoms with Crippen LogP contribution in [-0.2, 0) is 22.9 Å². The van der Waals surface area contributed by atoms with Crippen LogP contribution in [0.2, 0.25) is 0 Å². The second-order valence-corrected chi connectivity index (χ2v) is 12.1. The molecule has 5 aromatic rings. The van der Waals surface area contributed by atoms with E-state index in [-0.39, 0.29) is 23.4 Å². The van der Waals surface area contributed by atoms with Crippen molar-refractivity contribution in [2.45, 2.75) is 26.4 Å². The molecule has 0 radical (unpaired) electrons. The Morgan fingerprint density at radius 2 is 1.84 bits per heavy atom. The van der Waals surface area contributed by atoms with Gasteiger partial charge in [-0.15, -0.1) is 0 Å². The number of fused-ring (bicyclic) bond motifs is 1. The molecule has 3 aromatic carbocycles. The number of esters is 1. The summed E-state index contributed by atoms with van der Waals surface area (Å²) in [4.78, 5) is 37.8. The third-order valence-electron chi connectivity index (χ3n) is 8.26. The number of methoxy groups -OCH3 is 1. The highest BCUT2D eigenvalue weighted by Crippen LogP contribution is 2.39. The van der Waals surface area contributed by atoms with Crippen molar-refractivity contribution < 1.29 is 28.2 Å². The van der Waals surface area contributed by atoms with Gasteiger partial charge in [0.05, 0.1) is 49.2 Å². The third-order valence-corrected chi connectivity index (χ3v) is 8.26. The standard InChI is InChI=1S/C37H40FN7O5/c1-23(2)50-35(46)27-21-40-36(43-34(27)28-22-44(3)31-11-6-5-10-26(28)31)41-30-19-29(32(20-33(30)48-4)45-14-16-49-17-15-45)42-37(47)39-13-12-24-8-7-9-25(38)18-24/h5-11,18-23H,12-17H2,1-4H3,(H2,39,42,47)(H,40,41,43). The SMILES string of the molecule is COc1cc(N2CCOCC2)c(NC(=O)NCCc2cccc(F)c2)cc1Nc1ncc(C(=O)OC(C)C)c(-c2cn(C)c3ccccc23)n1. The van der Waals surface area contributed by atoms with Crippen LogP contribution in [0.4, 0.5) is 32.2 Å². The molecule has 50 heavy (non-hydrogen) atoms. The lowest BCUT2D eigenvalue weighted by molar-refractivity contribution is 0.0378. The number of anilines is 4. The second-order valence-electron chi connectivity index (χ2n) is 12.1. The highest BCUT2D eigenvalue weighted by atomic mass is 19.1. The Bertz CT molecular complexity index is 2010. The van der Waals surface area contributed by atoms with E-state index in [1.54, 1.807) is 33.1 Å². The van der Waals surface area contributed by atoms with Crippen molar-refractivity contribution >= 4 is 45.9 Å². The Morgan fingerprint density at radius 3 is 2.60 bits per heavy atom. The Hall–Kier alpha value is -5.69. The van der Waals surface area contributed by atoms with Crippen LogP contribution in [0.15, 0.2) is 73.1 Å². The van der Waals surface area contributed by atoms with E-state index in [0.29, 0.717) is 62.1 Å². The molecule has 13 heteroatoms. The molecule has 0 aliphatic carbocycles. The van der Waals surface area contributed by atoms with Crippen LogP contribution in [0.25, 0.3) is 22.2 Å². The summed E-state index contributed by atoms with van der Waals surface area (Å²) in [5.41, 5.74) is 4.89. The highest BCUT2D eigenvalue weighted by Gasteiger charge is 2.24. The van der Waals surface area contributed by atoms with Crippen molar-refractivity contribution in [3.05, 3.63) is 90.0 Å². The summed E-state index contributed by atoms with van der Waals surface area (Å²) in [7, 11) is 3.49. The molecule has 0 bridgehead atoms. The number of carbonyl (C=O) groups excluding carboxylic acids is 2. The zero-order valence-corrected chi connectivity index (χ0v) is 28.5. The van der Waals surface area contributed by atoms with E-state index in [2.05, 4.69) is 25.8 Å². The fraction of sp³-hybridized carbons (Fsp3) is 0.297. The van der Waals surface area contributed by atoms with Crippen molar-refractivity contribution in [2.24, 2.45) is 7.05 Å². The van der Waals surface area contributed by atoms with Crippen molar-refractivity contribution in [1.82, 2.24) is 19.9 Å². The summed E-state index contributed by atoms with van der Waals surface area (Å²) in [5, 5.41) is 10.0. The summed E-state index contributed by atoms with van der Waals surface area (Å²) in [6.45, 7) is 6.20. The summed E-state index contributed by atoms with van der Waals surface area (Å²) in [6, 6.07) is 17.3. The maximum atomic E-state index is 13.6. The van der Waals surface area contributed by atoms with Gasteiger partial charge in [-0.05, 0) is 50.1 Å². The molecule has 3 heterocycles. The lowest BCUT2D eigenvalue weighted by atomic mass is 10.1. The molecule has 2 amide bonds. The number of carbonyl (C=O) groups is 2. The molecule has 12 nitrogen and oxygen atoms in total. The largest absolute Gasteiger partial charge is 0.494 e. The molecule has 0 unspecified atom stereocenters. The maximum Gasteiger partial charge on any atom is 0.342 e. The molecule has 260 valence electrons. The normalized spacial score (nSPS) is 13.0. The first-order valence-electron chi connectivity index (χ1n) is 16.4. The monoisotopic (exact) mass is 681 g/mol. The quantitative estimate of drug-likeness (QED) is 0.138. The van der Waals surface area contributed by atoms with E-state index in [1.807, 2.05) is 54.2 Å². The third kappa shape index (κ3) is 7.78. The predicted molar refractivity (Wildman–Crippen MR) is 191 cm³/mol. The molecule has 1 saturated heterocycles. The number of rotatable bonds is 11. The first kappa shape index (κ1) is 34.2. The van der Waals surface area contributed by atoms with Crippen LogP contribution in [0.1, 0.15) is 29.8 Å². The fourth-order valence-electron chi connectivity index (χ4n) is 5.91. The lowest BCUT2D eigenvalue weighted by Gasteiger charge is -2.31.